The van der Waals surface area contributed by atoms with Gasteiger partial charge in [-0.3, -0.25) is 9.78 Å². The van der Waals surface area contributed by atoms with Crippen LogP contribution in [0.5, 0.6) is 0 Å². The summed E-state index contributed by atoms with van der Waals surface area (Å²) in [6.45, 7) is 2.02. The lowest BCUT2D eigenvalue weighted by Gasteiger charge is -2.17. The number of ketones is 1. The quantitative estimate of drug-likeness (QED) is 0.670. The van der Waals surface area contributed by atoms with Crippen molar-refractivity contribution in [2.24, 2.45) is 0 Å². The molecule has 0 saturated heterocycles. The van der Waals surface area contributed by atoms with Crippen LogP contribution in [0.1, 0.15) is 34.6 Å². The zero-order valence-corrected chi connectivity index (χ0v) is 9.29. The smallest absolute Gasteiger partial charge is 0.165 e. The number of benzene rings is 1. The molecule has 1 aliphatic rings. The van der Waals surface area contributed by atoms with E-state index in [1.54, 1.807) is 0 Å². The Labute approximate surface area is 94.3 Å². The fourth-order valence-corrected chi connectivity index (χ4v) is 2.52. The second-order valence-corrected chi connectivity index (χ2v) is 4.34. The summed E-state index contributed by atoms with van der Waals surface area (Å²) in [6.07, 6.45) is 2.55. The number of aryl methyl sites for hydroxylation is 2. The third kappa shape index (κ3) is 1.26. The van der Waals surface area contributed by atoms with Gasteiger partial charge in [-0.25, -0.2) is 0 Å². The van der Waals surface area contributed by atoms with E-state index in [9.17, 15) is 4.79 Å². The number of fused-ring (bicyclic) bond motifs is 3. The number of hydrogen-bond acceptors (Lipinski definition) is 2. The van der Waals surface area contributed by atoms with E-state index in [0.29, 0.717) is 6.42 Å². The highest BCUT2D eigenvalue weighted by Crippen LogP contribution is 2.28. The van der Waals surface area contributed by atoms with Crippen LogP contribution in [0.3, 0.4) is 0 Å². The minimum atomic E-state index is 0.255. The Balaban J connectivity index is 2.45. The molecule has 1 heterocycles. The van der Waals surface area contributed by atoms with Crippen LogP contribution in [0.15, 0.2) is 24.3 Å². The highest BCUT2D eigenvalue weighted by molar-refractivity contribution is 6.10. The predicted octanol–water partition coefficient (Wildman–Crippen LogP) is 3.06. The predicted molar refractivity (Wildman–Crippen MR) is 63.7 cm³/mol. The second-order valence-electron chi connectivity index (χ2n) is 4.34. The molecular weight excluding hydrogens is 198 g/mol. The van der Waals surface area contributed by atoms with Gasteiger partial charge in [-0.05, 0) is 25.2 Å². The van der Waals surface area contributed by atoms with E-state index >= 15 is 0 Å². The minimum Gasteiger partial charge on any atom is -0.294 e. The van der Waals surface area contributed by atoms with Crippen LogP contribution < -0.4 is 0 Å². The van der Waals surface area contributed by atoms with E-state index in [0.717, 1.165) is 40.6 Å². The van der Waals surface area contributed by atoms with Gasteiger partial charge in [0.15, 0.2) is 5.78 Å². The molecule has 0 aliphatic heterocycles. The maximum atomic E-state index is 12.0. The van der Waals surface area contributed by atoms with Gasteiger partial charge in [0.2, 0.25) is 0 Å². The highest BCUT2D eigenvalue weighted by Gasteiger charge is 2.21. The SMILES string of the molecule is Cc1nc2c(c3ccccc13)C(=O)CCC2. The molecule has 3 rings (SSSR count). The first-order valence-electron chi connectivity index (χ1n) is 5.69. The van der Waals surface area contributed by atoms with Crippen molar-refractivity contribution in [3.8, 4) is 0 Å². The molecule has 0 atom stereocenters. The van der Waals surface area contributed by atoms with Crippen molar-refractivity contribution in [1.82, 2.24) is 4.98 Å². The molecule has 1 aliphatic carbocycles. The number of carbonyl (C=O) groups excluding carboxylic acids is 1. The number of carbonyl (C=O) groups is 1. The van der Waals surface area contributed by atoms with Gasteiger partial charge in [0, 0.05) is 23.1 Å². The van der Waals surface area contributed by atoms with Crippen molar-refractivity contribution in [1.29, 1.82) is 0 Å². The standard InChI is InChI=1S/C14H13NO/c1-9-10-5-2-3-6-11(10)14-12(15-9)7-4-8-13(14)16/h2-3,5-6H,4,7-8H2,1H3. The fraction of sp³-hybridized carbons (Fsp3) is 0.286. The number of rotatable bonds is 0. The summed E-state index contributed by atoms with van der Waals surface area (Å²) in [5.74, 6) is 0.255. The lowest BCUT2D eigenvalue weighted by molar-refractivity contribution is 0.0973. The van der Waals surface area contributed by atoms with E-state index in [1.807, 2.05) is 31.2 Å². The summed E-state index contributed by atoms with van der Waals surface area (Å²) < 4.78 is 0. The molecule has 2 heteroatoms. The van der Waals surface area contributed by atoms with E-state index in [4.69, 9.17) is 0 Å². The molecule has 0 spiro atoms. The lowest BCUT2D eigenvalue weighted by atomic mass is 9.90. The molecule has 0 saturated carbocycles. The van der Waals surface area contributed by atoms with Crippen LogP contribution in [0.4, 0.5) is 0 Å². The molecule has 16 heavy (non-hydrogen) atoms. The molecular formula is C14H13NO. The Morgan fingerprint density at radius 1 is 1.12 bits per heavy atom. The van der Waals surface area contributed by atoms with Gasteiger partial charge in [-0.1, -0.05) is 24.3 Å². The average molecular weight is 211 g/mol. The Kier molecular flexibility index (Phi) is 2.03. The maximum absolute atomic E-state index is 12.0. The zero-order valence-electron chi connectivity index (χ0n) is 9.29. The third-order valence-electron chi connectivity index (χ3n) is 3.27. The Bertz CT molecular complexity index is 587. The van der Waals surface area contributed by atoms with Crippen LogP contribution in [-0.4, -0.2) is 10.8 Å². The topological polar surface area (TPSA) is 30.0 Å². The Morgan fingerprint density at radius 3 is 2.69 bits per heavy atom. The molecule has 0 unspecified atom stereocenters. The molecule has 0 bridgehead atoms. The van der Waals surface area contributed by atoms with Gasteiger partial charge in [-0.2, -0.15) is 0 Å². The van der Waals surface area contributed by atoms with Gasteiger partial charge < -0.3 is 0 Å². The normalized spacial score (nSPS) is 15.2. The zero-order chi connectivity index (χ0) is 11.1. The first-order chi connectivity index (χ1) is 7.77. The van der Waals surface area contributed by atoms with Crippen molar-refractivity contribution < 1.29 is 4.79 Å². The summed E-state index contributed by atoms with van der Waals surface area (Å²) in [5, 5.41) is 2.19. The first kappa shape index (κ1) is 9.52. The average Bonchev–Trinajstić information content (AvgIpc) is 2.29. The fourth-order valence-electron chi connectivity index (χ4n) is 2.52. The van der Waals surface area contributed by atoms with Crippen molar-refractivity contribution in [3.63, 3.8) is 0 Å². The van der Waals surface area contributed by atoms with Gasteiger partial charge in [0.1, 0.15) is 0 Å². The summed E-state index contributed by atoms with van der Waals surface area (Å²) in [7, 11) is 0. The lowest BCUT2D eigenvalue weighted by Crippen LogP contribution is -2.14. The van der Waals surface area contributed by atoms with Crippen molar-refractivity contribution in [2.45, 2.75) is 26.2 Å². The number of pyridine rings is 1. The van der Waals surface area contributed by atoms with E-state index in [1.165, 1.54) is 0 Å². The van der Waals surface area contributed by atoms with Crippen molar-refractivity contribution >= 4 is 16.6 Å². The van der Waals surface area contributed by atoms with Gasteiger partial charge in [0.05, 0.1) is 5.69 Å². The summed E-state index contributed by atoms with van der Waals surface area (Å²) in [6, 6.07) is 8.06. The van der Waals surface area contributed by atoms with Crippen LogP contribution in [0.2, 0.25) is 0 Å². The first-order valence-corrected chi connectivity index (χ1v) is 5.69. The van der Waals surface area contributed by atoms with E-state index in [-0.39, 0.29) is 5.78 Å². The summed E-state index contributed by atoms with van der Waals surface area (Å²) >= 11 is 0. The molecule has 0 amide bonds. The number of hydrogen-bond donors (Lipinski definition) is 0. The monoisotopic (exact) mass is 211 g/mol. The molecule has 2 nitrogen and oxygen atoms in total. The van der Waals surface area contributed by atoms with Gasteiger partial charge >= 0.3 is 0 Å². The number of Topliss-reactive ketones (excluding diaryl/α,β-unsaturated/α-hetero) is 1. The number of aromatic nitrogens is 1. The van der Waals surface area contributed by atoms with Crippen molar-refractivity contribution in [3.05, 3.63) is 41.2 Å². The van der Waals surface area contributed by atoms with E-state index in [2.05, 4.69) is 4.98 Å². The largest absolute Gasteiger partial charge is 0.294 e. The molecule has 80 valence electrons. The maximum Gasteiger partial charge on any atom is 0.165 e. The third-order valence-corrected chi connectivity index (χ3v) is 3.27. The number of nitrogens with zero attached hydrogens (tertiary/aromatic N) is 1. The second kappa shape index (κ2) is 3.41. The van der Waals surface area contributed by atoms with E-state index < -0.39 is 0 Å². The Morgan fingerprint density at radius 2 is 1.88 bits per heavy atom. The van der Waals surface area contributed by atoms with Crippen LogP contribution in [0, 0.1) is 6.92 Å². The molecule has 1 aromatic carbocycles. The summed E-state index contributed by atoms with van der Waals surface area (Å²) in [5.41, 5.74) is 2.89. The summed E-state index contributed by atoms with van der Waals surface area (Å²) in [4.78, 5) is 16.5. The molecule has 0 N–H and O–H groups in total. The van der Waals surface area contributed by atoms with Crippen LogP contribution >= 0.6 is 0 Å². The van der Waals surface area contributed by atoms with Gasteiger partial charge in [-0.15, -0.1) is 0 Å². The Hall–Kier alpha value is -1.70. The molecule has 1 aromatic heterocycles. The molecule has 2 aromatic rings. The van der Waals surface area contributed by atoms with Gasteiger partial charge in [0.25, 0.3) is 0 Å². The van der Waals surface area contributed by atoms with Crippen LogP contribution in [-0.2, 0) is 6.42 Å². The van der Waals surface area contributed by atoms with Crippen LogP contribution in [0.25, 0.3) is 10.8 Å². The molecule has 0 fully saturated rings. The minimum absolute atomic E-state index is 0.255. The molecule has 0 radical (unpaired) electrons. The highest BCUT2D eigenvalue weighted by atomic mass is 16.1. The van der Waals surface area contributed by atoms with Crippen molar-refractivity contribution in [2.75, 3.05) is 0 Å².